The van der Waals surface area contributed by atoms with Gasteiger partial charge in [-0.1, -0.05) is 42.5 Å². The quantitative estimate of drug-likeness (QED) is 0.743. The van der Waals surface area contributed by atoms with Crippen LogP contribution in [0.5, 0.6) is 0 Å². The van der Waals surface area contributed by atoms with Crippen LogP contribution in [0.25, 0.3) is 10.1 Å². The van der Waals surface area contributed by atoms with Crippen LogP contribution in [0.3, 0.4) is 0 Å². The number of rotatable bonds is 3. The van der Waals surface area contributed by atoms with E-state index >= 15 is 0 Å². The molecule has 4 rings (SSSR count). The van der Waals surface area contributed by atoms with Crippen LogP contribution in [0.4, 0.5) is 0 Å². The van der Waals surface area contributed by atoms with E-state index in [1.807, 2.05) is 0 Å². The van der Waals surface area contributed by atoms with Gasteiger partial charge >= 0.3 is 0 Å². The fourth-order valence-electron chi connectivity index (χ4n) is 3.29. The average Bonchev–Trinajstić information content (AvgIpc) is 2.88. The highest BCUT2D eigenvalue weighted by atomic mass is 32.1. The van der Waals surface area contributed by atoms with E-state index in [2.05, 4.69) is 53.9 Å². The molecule has 0 radical (unpaired) electrons. The highest BCUT2D eigenvalue weighted by Crippen LogP contribution is 2.41. The van der Waals surface area contributed by atoms with Crippen molar-refractivity contribution in [3.05, 3.63) is 70.6 Å². The molecule has 2 N–H and O–H groups in total. The number of thiophene rings is 1. The summed E-state index contributed by atoms with van der Waals surface area (Å²) in [6, 6.07) is 17.5. The molecule has 0 fully saturated rings. The highest BCUT2D eigenvalue weighted by Gasteiger charge is 2.28. The standard InChI is InChI=1S/C18H17NS/c19-17(10-13-9-12-5-1-2-6-14(12)13)16-11-20-18-8-4-3-7-15(16)18/h1-8,11,13,17H,9-10,19H2. The summed E-state index contributed by atoms with van der Waals surface area (Å²) in [5.74, 6) is 0.639. The maximum atomic E-state index is 6.48. The molecular formula is C18H17NS. The SMILES string of the molecule is NC(CC1Cc2ccccc21)c1csc2ccccc12. The lowest BCUT2D eigenvalue weighted by atomic mass is 9.74. The van der Waals surface area contributed by atoms with Gasteiger partial charge in [0.1, 0.15) is 0 Å². The summed E-state index contributed by atoms with van der Waals surface area (Å²) in [4.78, 5) is 0. The Hall–Kier alpha value is -1.64. The summed E-state index contributed by atoms with van der Waals surface area (Å²) in [6.45, 7) is 0. The molecule has 3 aromatic rings. The first kappa shape index (κ1) is 12.1. The van der Waals surface area contributed by atoms with Gasteiger partial charge in [0.05, 0.1) is 0 Å². The van der Waals surface area contributed by atoms with Gasteiger partial charge in [-0.05, 0) is 52.3 Å². The van der Waals surface area contributed by atoms with Crippen molar-refractivity contribution in [2.45, 2.75) is 24.8 Å². The third-order valence-electron chi connectivity index (χ3n) is 4.41. The largest absolute Gasteiger partial charge is 0.324 e. The van der Waals surface area contributed by atoms with Gasteiger partial charge in [-0.25, -0.2) is 0 Å². The summed E-state index contributed by atoms with van der Waals surface area (Å²) in [6.07, 6.45) is 2.24. The number of benzene rings is 2. The van der Waals surface area contributed by atoms with Gasteiger partial charge in [-0.3, -0.25) is 0 Å². The molecule has 2 heteroatoms. The molecule has 1 aliphatic rings. The minimum absolute atomic E-state index is 0.143. The van der Waals surface area contributed by atoms with Crippen LogP contribution in [-0.2, 0) is 6.42 Å². The molecule has 0 spiro atoms. The molecule has 1 aromatic heterocycles. The van der Waals surface area contributed by atoms with Crippen LogP contribution in [0, 0.1) is 0 Å². The first-order valence-electron chi connectivity index (χ1n) is 7.12. The first-order valence-corrected chi connectivity index (χ1v) is 8.00. The lowest BCUT2D eigenvalue weighted by molar-refractivity contribution is 0.500. The second kappa shape index (κ2) is 4.72. The highest BCUT2D eigenvalue weighted by molar-refractivity contribution is 7.17. The summed E-state index contributed by atoms with van der Waals surface area (Å²) in [7, 11) is 0. The summed E-state index contributed by atoms with van der Waals surface area (Å²) in [5.41, 5.74) is 10.8. The van der Waals surface area contributed by atoms with Crippen LogP contribution < -0.4 is 5.73 Å². The molecule has 0 saturated heterocycles. The van der Waals surface area contributed by atoms with Crippen LogP contribution in [0.1, 0.15) is 35.1 Å². The molecule has 2 atom stereocenters. The van der Waals surface area contributed by atoms with Crippen LogP contribution in [0.2, 0.25) is 0 Å². The molecule has 2 unspecified atom stereocenters. The second-order valence-electron chi connectivity index (χ2n) is 5.63. The Kier molecular flexibility index (Phi) is 2.86. The molecule has 0 saturated carbocycles. The van der Waals surface area contributed by atoms with Crippen molar-refractivity contribution in [1.29, 1.82) is 0 Å². The molecule has 0 aliphatic heterocycles. The van der Waals surface area contributed by atoms with E-state index in [1.165, 1.54) is 33.2 Å². The van der Waals surface area contributed by atoms with E-state index in [0.29, 0.717) is 5.92 Å². The predicted octanol–water partition coefficient (Wildman–Crippen LogP) is 4.63. The van der Waals surface area contributed by atoms with Crippen LogP contribution in [-0.4, -0.2) is 0 Å². The van der Waals surface area contributed by atoms with Gasteiger partial charge in [0.15, 0.2) is 0 Å². The average molecular weight is 279 g/mol. The second-order valence-corrected chi connectivity index (χ2v) is 6.54. The van der Waals surface area contributed by atoms with Crippen molar-refractivity contribution in [3.63, 3.8) is 0 Å². The van der Waals surface area contributed by atoms with Crippen molar-refractivity contribution in [2.24, 2.45) is 5.73 Å². The molecule has 20 heavy (non-hydrogen) atoms. The van der Waals surface area contributed by atoms with Crippen molar-refractivity contribution in [1.82, 2.24) is 0 Å². The summed E-state index contributed by atoms with van der Waals surface area (Å²) >= 11 is 1.80. The maximum absolute atomic E-state index is 6.48. The Morgan fingerprint density at radius 1 is 1.10 bits per heavy atom. The van der Waals surface area contributed by atoms with E-state index in [0.717, 1.165) is 6.42 Å². The Morgan fingerprint density at radius 3 is 2.80 bits per heavy atom. The summed E-state index contributed by atoms with van der Waals surface area (Å²) in [5, 5.41) is 3.57. The number of fused-ring (bicyclic) bond motifs is 2. The number of hydrogen-bond acceptors (Lipinski definition) is 2. The van der Waals surface area contributed by atoms with Crippen molar-refractivity contribution in [2.75, 3.05) is 0 Å². The zero-order valence-electron chi connectivity index (χ0n) is 11.3. The predicted molar refractivity (Wildman–Crippen MR) is 86.3 cm³/mol. The van der Waals surface area contributed by atoms with Gasteiger partial charge in [-0.2, -0.15) is 0 Å². The minimum Gasteiger partial charge on any atom is -0.324 e. The van der Waals surface area contributed by atoms with Crippen LogP contribution in [0.15, 0.2) is 53.9 Å². The Balaban J connectivity index is 1.58. The van der Waals surface area contributed by atoms with E-state index < -0.39 is 0 Å². The Labute approximate surface area is 123 Å². The van der Waals surface area contributed by atoms with Gasteiger partial charge in [0.2, 0.25) is 0 Å². The van der Waals surface area contributed by atoms with Gasteiger partial charge in [0.25, 0.3) is 0 Å². The molecule has 1 heterocycles. The third-order valence-corrected chi connectivity index (χ3v) is 5.39. The lowest BCUT2D eigenvalue weighted by Gasteiger charge is -2.32. The summed E-state index contributed by atoms with van der Waals surface area (Å²) < 4.78 is 1.34. The fourth-order valence-corrected chi connectivity index (χ4v) is 4.32. The van der Waals surface area contributed by atoms with Crippen molar-refractivity contribution in [3.8, 4) is 0 Å². The zero-order valence-corrected chi connectivity index (χ0v) is 12.1. The molecule has 100 valence electrons. The van der Waals surface area contributed by atoms with E-state index in [-0.39, 0.29) is 6.04 Å². The molecule has 0 amide bonds. The number of nitrogens with two attached hydrogens (primary N) is 1. The van der Waals surface area contributed by atoms with Gasteiger partial charge in [-0.15, -0.1) is 11.3 Å². The first-order chi connectivity index (χ1) is 9.83. The maximum Gasteiger partial charge on any atom is 0.0346 e. The van der Waals surface area contributed by atoms with E-state index in [1.54, 1.807) is 11.3 Å². The smallest absolute Gasteiger partial charge is 0.0346 e. The van der Waals surface area contributed by atoms with E-state index in [4.69, 9.17) is 5.73 Å². The zero-order chi connectivity index (χ0) is 13.5. The normalized spacial score (nSPS) is 18.6. The van der Waals surface area contributed by atoms with Crippen molar-refractivity contribution < 1.29 is 0 Å². The fraction of sp³-hybridized carbons (Fsp3) is 0.222. The van der Waals surface area contributed by atoms with Crippen LogP contribution >= 0.6 is 11.3 Å². The Bertz CT molecular complexity index is 759. The monoisotopic (exact) mass is 279 g/mol. The third kappa shape index (κ3) is 1.88. The Morgan fingerprint density at radius 2 is 1.90 bits per heavy atom. The topological polar surface area (TPSA) is 26.0 Å². The molecule has 2 aromatic carbocycles. The lowest BCUT2D eigenvalue weighted by Crippen LogP contribution is -2.22. The molecule has 1 aliphatic carbocycles. The van der Waals surface area contributed by atoms with E-state index in [9.17, 15) is 0 Å². The van der Waals surface area contributed by atoms with Gasteiger partial charge in [0, 0.05) is 10.7 Å². The van der Waals surface area contributed by atoms with Crippen molar-refractivity contribution >= 4 is 21.4 Å². The molecule has 1 nitrogen and oxygen atoms in total. The van der Waals surface area contributed by atoms with Gasteiger partial charge < -0.3 is 5.73 Å². The number of hydrogen-bond donors (Lipinski definition) is 1. The minimum atomic E-state index is 0.143. The molecular weight excluding hydrogens is 262 g/mol. The molecule has 0 bridgehead atoms.